The summed E-state index contributed by atoms with van der Waals surface area (Å²) >= 11 is 0. The SMILES string of the molecule is CCNC(=NCC(O)COC(C)c1ccccc1)NC1CCN(c2ccccc2)C1.I. The van der Waals surface area contributed by atoms with Crippen LogP contribution < -0.4 is 15.5 Å². The smallest absolute Gasteiger partial charge is 0.191 e. The lowest BCUT2D eigenvalue weighted by Gasteiger charge is -2.21. The Morgan fingerprint density at radius 3 is 2.52 bits per heavy atom. The minimum absolute atomic E-state index is 0. The molecule has 0 amide bonds. The van der Waals surface area contributed by atoms with Crippen molar-refractivity contribution in [1.82, 2.24) is 10.6 Å². The number of guanidine groups is 1. The maximum Gasteiger partial charge on any atom is 0.191 e. The van der Waals surface area contributed by atoms with E-state index >= 15 is 0 Å². The Hall–Kier alpha value is -1.84. The second kappa shape index (κ2) is 13.5. The molecule has 0 aromatic heterocycles. The molecule has 1 heterocycles. The first kappa shape index (κ1) is 25.4. The second-order valence-electron chi connectivity index (χ2n) is 7.67. The Bertz CT molecular complexity index is 776. The van der Waals surface area contributed by atoms with Crippen LogP contribution in [0.5, 0.6) is 0 Å². The lowest BCUT2D eigenvalue weighted by molar-refractivity contribution is 0.00111. The Kier molecular flexibility index (Phi) is 11.1. The molecular formula is C24H35IN4O2. The van der Waals surface area contributed by atoms with E-state index in [0.29, 0.717) is 12.6 Å². The molecule has 0 radical (unpaired) electrons. The number of ether oxygens (including phenoxy) is 1. The summed E-state index contributed by atoms with van der Waals surface area (Å²) in [5, 5.41) is 17.1. The van der Waals surface area contributed by atoms with E-state index in [0.717, 1.165) is 37.6 Å². The first-order valence-corrected chi connectivity index (χ1v) is 10.8. The molecule has 0 saturated carbocycles. The van der Waals surface area contributed by atoms with E-state index in [9.17, 15) is 5.11 Å². The molecule has 3 unspecified atom stereocenters. The first-order chi connectivity index (χ1) is 14.7. The van der Waals surface area contributed by atoms with Gasteiger partial charge in [-0.1, -0.05) is 48.5 Å². The molecule has 7 heteroatoms. The average Bonchev–Trinajstić information content (AvgIpc) is 3.25. The minimum Gasteiger partial charge on any atom is -0.389 e. The molecule has 3 rings (SSSR count). The highest BCUT2D eigenvalue weighted by Gasteiger charge is 2.23. The van der Waals surface area contributed by atoms with Crippen LogP contribution in [-0.4, -0.2) is 56.0 Å². The lowest BCUT2D eigenvalue weighted by atomic mass is 10.1. The van der Waals surface area contributed by atoms with Gasteiger partial charge in [-0.25, -0.2) is 0 Å². The van der Waals surface area contributed by atoms with Gasteiger partial charge in [0.1, 0.15) is 0 Å². The summed E-state index contributed by atoms with van der Waals surface area (Å²) in [6.07, 6.45) is 0.356. The summed E-state index contributed by atoms with van der Waals surface area (Å²) in [5.74, 6) is 0.743. The number of hydrogen-bond donors (Lipinski definition) is 3. The van der Waals surface area contributed by atoms with E-state index in [4.69, 9.17) is 4.74 Å². The van der Waals surface area contributed by atoms with Gasteiger partial charge in [0.15, 0.2) is 5.96 Å². The highest BCUT2D eigenvalue weighted by Crippen LogP contribution is 2.19. The molecule has 3 N–H and O–H groups in total. The predicted molar refractivity (Wildman–Crippen MR) is 138 cm³/mol. The van der Waals surface area contributed by atoms with Crippen LogP contribution in [0, 0.1) is 0 Å². The van der Waals surface area contributed by atoms with E-state index < -0.39 is 6.10 Å². The Labute approximate surface area is 203 Å². The molecule has 2 aromatic carbocycles. The number of para-hydroxylation sites is 1. The summed E-state index contributed by atoms with van der Waals surface area (Å²) in [7, 11) is 0. The monoisotopic (exact) mass is 538 g/mol. The van der Waals surface area contributed by atoms with Crippen molar-refractivity contribution in [2.24, 2.45) is 4.99 Å². The van der Waals surface area contributed by atoms with Gasteiger partial charge >= 0.3 is 0 Å². The molecule has 1 saturated heterocycles. The Balaban J connectivity index is 0.00000341. The molecular weight excluding hydrogens is 503 g/mol. The molecule has 0 spiro atoms. The zero-order chi connectivity index (χ0) is 21.2. The topological polar surface area (TPSA) is 69.1 Å². The van der Waals surface area contributed by atoms with Gasteiger partial charge in [-0.2, -0.15) is 0 Å². The highest BCUT2D eigenvalue weighted by atomic mass is 127. The van der Waals surface area contributed by atoms with Crippen LogP contribution in [0.2, 0.25) is 0 Å². The van der Waals surface area contributed by atoms with Gasteiger partial charge in [0.25, 0.3) is 0 Å². The molecule has 3 atom stereocenters. The van der Waals surface area contributed by atoms with Gasteiger partial charge < -0.3 is 25.4 Å². The van der Waals surface area contributed by atoms with Gasteiger partial charge in [-0.15, -0.1) is 24.0 Å². The Morgan fingerprint density at radius 2 is 1.84 bits per heavy atom. The van der Waals surface area contributed by atoms with Crippen LogP contribution in [0.4, 0.5) is 5.69 Å². The fourth-order valence-electron chi connectivity index (χ4n) is 3.59. The third-order valence-electron chi connectivity index (χ3n) is 5.26. The van der Waals surface area contributed by atoms with Crippen molar-refractivity contribution in [2.45, 2.75) is 38.5 Å². The fraction of sp³-hybridized carbons (Fsp3) is 0.458. The minimum atomic E-state index is -0.643. The van der Waals surface area contributed by atoms with Gasteiger partial charge in [-0.3, -0.25) is 4.99 Å². The largest absolute Gasteiger partial charge is 0.389 e. The van der Waals surface area contributed by atoms with Gasteiger partial charge in [-0.05, 0) is 38.0 Å². The fourth-order valence-corrected chi connectivity index (χ4v) is 3.59. The standard InChI is InChI=1S/C24H34N4O2.HI/c1-3-25-24(27-21-14-15-28(17-21)22-12-8-5-9-13-22)26-16-23(29)18-30-19(2)20-10-6-4-7-11-20;/h4-13,19,21,23,29H,3,14-18H2,1-2H3,(H2,25,26,27);1H. The van der Waals surface area contributed by atoms with Crippen LogP contribution in [0.15, 0.2) is 65.7 Å². The summed E-state index contributed by atoms with van der Waals surface area (Å²) in [5.41, 5.74) is 2.36. The molecule has 1 fully saturated rings. The molecule has 0 bridgehead atoms. The second-order valence-corrected chi connectivity index (χ2v) is 7.67. The number of aliphatic imine (C=N–C) groups is 1. The van der Waals surface area contributed by atoms with Crippen molar-refractivity contribution >= 4 is 35.6 Å². The van der Waals surface area contributed by atoms with Crippen LogP contribution in [0.3, 0.4) is 0 Å². The molecule has 6 nitrogen and oxygen atoms in total. The van der Waals surface area contributed by atoms with Crippen LogP contribution in [0.1, 0.15) is 31.9 Å². The summed E-state index contributed by atoms with van der Waals surface area (Å²) in [6.45, 7) is 7.33. The van der Waals surface area contributed by atoms with Gasteiger partial charge in [0.05, 0.1) is 25.4 Å². The predicted octanol–water partition coefficient (Wildman–Crippen LogP) is 3.58. The number of rotatable bonds is 9. The first-order valence-electron chi connectivity index (χ1n) is 10.8. The third-order valence-corrected chi connectivity index (χ3v) is 5.26. The van der Waals surface area contributed by atoms with Crippen molar-refractivity contribution < 1.29 is 9.84 Å². The van der Waals surface area contributed by atoms with Gasteiger partial charge in [0.2, 0.25) is 0 Å². The molecule has 31 heavy (non-hydrogen) atoms. The van der Waals surface area contributed by atoms with Crippen LogP contribution in [0.25, 0.3) is 0 Å². The van der Waals surface area contributed by atoms with Crippen molar-refractivity contribution in [2.75, 3.05) is 37.7 Å². The van der Waals surface area contributed by atoms with E-state index in [1.165, 1.54) is 5.69 Å². The number of halogens is 1. The zero-order valence-electron chi connectivity index (χ0n) is 18.4. The summed E-state index contributed by atoms with van der Waals surface area (Å²) < 4.78 is 5.81. The summed E-state index contributed by atoms with van der Waals surface area (Å²) in [6, 6.07) is 20.8. The van der Waals surface area contributed by atoms with Gasteiger partial charge in [0, 0.05) is 31.4 Å². The molecule has 0 aliphatic carbocycles. The lowest BCUT2D eigenvalue weighted by Crippen LogP contribution is -2.45. The quantitative estimate of drug-likeness (QED) is 0.259. The van der Waals surface area contributed by atoms with Crippen LogP contribution in [-0.2, 0) is 4.74 Å². The molecule has 1 aliphatic heterocycles. The van der Waals surface area contributed by atoms with E-state index in [-0.39, 0.29) is 36.7 Å². The number of aliphatic hydroxyl groups is 1. The maximum absolute atomic E-state index is 10.3. The van der Waals surface area contributed by atoms with Crippen molar-refractivity contribution in [3.05, 3.63) is 66.2 Å². The maximum atomic E-state index is 10.3. The number of aliphatic hydroxyl groups excluding tert-OH is 1. The number of anilines is 1. The summed E-state index contributed by atoms with van der Waals surface area (Å²) in [4.78, 5) is 6.96. The Morgan fingerprint density at radius 1 is 1.16 bits per heavy atom. The number of nitrogens with zero attached hydrogens (tertiary/aromatic N) is 2. The average molecular weight is 538 g/mol. The molecule has 170 valence electrons. The van der Waals surface area contributed by atoms with E-state index in [1.807, 2.05) is 50.2 Å². The molecule has 2 aromatic rings. The zero-order valence-corrected chi connectivity index (χ0v) is 20.7. The van der Waals surface area contributed by atoms with Crippen molar-refractivity contribution in [1.29, 1.82) is 0 Å². The van der Waals surface area contributed by atoms with E-state index in [2.05, 4.69) is 44.8 Å². The third kappa shape index (κ3) is 8.31. The van der Waals surface area contributed by atoms with Crippen LogP contribution >= 0.6 is 24.0 Å². The normalized spacial score (nSPS) is 18.2. The highest BCUT2D eigenvalue weighted by molar-refractivity contribution is 14.0. The number of benzene rings is 2. The van der Waals surface area contributed by atoms with Crippen molar-refractivity contribution in [3.8, 4) is 0 Å². The number of hydrogen-bond acceptors (Lipinski definition) is 4. The number of nitrogens with one attached hydrogen (secondary N) is 2. The van der Waals surface area contributed by atoms with E-state index in [1.54, 1.807) is 0 Å². The molecule has 1 aliphatic rings. The van der Waals surface area contributed by atoms with Crippen molar-refractivity contribution in [3.63, 3.8) is 0 Å².